The standard InChI is InChI=1S/C18H35NO/c1-3-4-5-6-7-8-9-10-11-12-14-17(20)18(2)15-13-16-19-18/h19H,3-16H2,1-2H3. The SMILES string of the molecule is CCCCCCCCCCCCC(=O)C1(C)CCCN1. The van der Waals surface area contributed by atoms with Crippen LogP contribution in [0.15, 0.2) is 0 Å². The molecule has 0 aliphatic carbocycles. The van der Waals surface area contributed by atoms with Gasteiger partial charge in [-0.15, -0.1) is 0 Å². The van der Waals surface area contributed by atoms with Gasteiger partial charge in [0, 0.05) is 6.42 Å². The molecule has 2 nitrogen and oxygen atoms in total. The fourth-order valence-corrected chi connectivity index (χ4v) is 3.18. The number of carbonyl (C=O) groups is 1. The minimum absolute atomic E-state index is 0.195. The van der Waals surface area contributed by atoms with Crippen LogP contribution in [0, 0.1) is 0 Å². The van der Waals surface area contributed by atoms with Crippen molar-refractivity contribution < 1.29 is 4.79 Å². The Morgan fingerprint density at radius 1 is 0.950 bits per heavy atom. The maximum Gasteiger partial charge on any atom is 0.152 e. The normalized spacial score (nSPS) is 22.3. The highest BCUT2D eigenvalue weighted by Crippen LogP contribution is 2.22. The molecule has 1 atom stereocenters. The molecule has 1 aliphatic rings. The van der Waals surface area contributed by atoms with Crippen LogP contribution in [0.25, 0.3) is 0 Å². The van der Waals surface area contributed by atoms with E-state index in [2.05, 4.69) is 19.2 Å². The highest BCUT2D eigenvalue weighted by atomic mass is 16.1. The van der Waals surface area contributed by atoms with E-state index in [4.69, 9.17) is 0 Å². The lowest BCUT2D eigenvalue weighted by Gasteiger charge is -2.22. The molecule has 1 fully saturated rings. The van der Waals surface area contributed by atoms with E-state index in [1.165, 1.54) is 57.8 Å². The number of ketones is 1. The second-order valence-electron chi connectivity index (χ2n) is 6.72. The van der Waals surface area contributed by atoms with Gasteiger partial charge >= 0.3 is 0 Å². The van der Waals surface area contributed by atoms with Gasteiger partial charge < -0.3 is 5.32 Å². The Labute approximate surface area is 126 Å². The predicted molar refractivity (Wildman–Crippen MR) is 87.1 cm³/mol. The lowest BCUT2D eigenvalue weighted by Crippen LogP contribution is -2.44. The third-order valence-corrected chi connectivity index (χ3v) is 4.74. The molecule has 118 valence electrons. The summed E-state index contributed by atoms with van der Waals surface area (Å²) in [4.78, 5) is 12.1. The summed E-state index contributed by atoms with van der Waals surface area (Å²) in [7, 11) is 0. The van der Waals surface area contributed by atoms with Gasteiger partial charge in [0.2, 0.25) is 0 Å². The predicted octanol–water partition coefficient (Wildman–Crippen LogP) is 5.01. The summed E-state index contributed by atoms with van der Waals surface area (Å²) < 4.78 is 0. The molecule has 1 N–H and O–H groups in total. The molecule has 1 aliphatic heterocycles. The zero-order valence-electron chi connectivity index (χ0n) is 13.8. The third-order valence-electron chi connectivity index (χ3n) is 4.74. The molecule has 2 heteroatoms. The molecule has 1 rings (SSSR count). The first-order valence-electron chi connectivity index (χ1n) is 8.97. The van der Waals surface area contributed by atoms with Crippen LogP contribution in [0.1, 0.15) is 97.3 Å². The molecule has 0 aromatic rings. The molecule has 0 aromatic carbocycles. The van der Waals surface area contributed by atoms with Gasteiger partial charge in [-0.1, -0.05) is 64.7 Å². The lowest BCUT2D eigenvalue weighted by molar-refractivity contribution is -0.124. The van der Waals surface area contributed by atoms with Crippen LogP contribution < -0.4 is 5.32 Å². The summed E-state index contributed by atoms with van der Waals surface area (Å²) in [5.41, 5.74) is -0.195. The number of unbranched alkanes of at least 4 members (excludes halogenated alkanes) is 9. The maximum absolute atomic E-state index is 12.1. The zero-order chi connectivity index (χ0) is 14.7. The van der Waals surface area contributed by atoms with Gasteiger partial charge in [-0.05, 0) is 32.7 Å². The maximum atomic E-state index is 12.1. The molecule has 0 aromatic heterocycles. The number of hydrogen-bond donors (Lipinski definition) is 1. The number of rotatable bonds is 12. The minimum atomic E-state index is -0.195. The van der Waals surface area contributed by atoms with E-state index in [0.717, 1.165) is 32.2 Å². The third kappa shape index (κ3) is 6.88. The summed E-state index contributed by atoms with van der Waals surface area (Å²) in [6.07, 6.45) is 16.3. The molecular weight excluding hydrogens is 246 g/mol. The van der Waals surface area contributed by atoms with Gasteiger partial charge in [0.25, 0.3) is 0 Å². The van der Waals surface area contributed by atoms with E-state index < -0.39 is 0 Å². The van der Waals surface area contributed by atoms with Crippen LogP contribution in [-0.4, -0.2) is 17.9 Å². The van der Waals surface area contributed by atoms with Gasteiger partial charge in [-0.25, -0.2) is 0 Å². The first kappa shape index (κ1) is 17.7. The first-order chi connectivity index (χ1) is 9.69. The zero-order valence-corrected chi connectivity index (χ0v) is 13.8. The van der Waals surface area contributed by atoms with E-state index in [1.807, 2.05) is 0 Å². The van der Waals surface area contributed by atoms with E-state index in [1.54, 1.807) is 0 Å². The number of hydrogen-bond acceptors (Lipinski definition) is 2. The number of nitrogens with one attached hydrogen (secondary N) is 1. The fraction of sp³-hybridized carbons (Fsp3) is 0.944. The van der Waals surface area contributed by atoms with Crippen molar-refractivity contribution in [2.75, 3.05) is 6.54 Å². The monoisotopic (exact) mass is 281 g/mol. The Hall–Kier alpha value is -0.370. The Kier molecular flexibility index (Phi) is 9.17. The van der Waals surface area contributed by atoms with Crippen LogP contribution in [0.4, 0.5) is 0 Å². The molecule has 0 spiro atoms. The summed E-state index contributed by atoms with van der Waals surface area (Å²) in [6.45, 7) is 5.36. The molecule has 0 bridgehead atoms. The van der Waals surface area contributed by atoms with Crippen LogP contribution >= 0.6 is 0 Å². The fourth-order valence-electron chi connectivity index (χ4n) is 3.18. The Morgan fingerprint density at radius 3 is 2.00 bits per heavy atom. The van der Waals surface area contributed by atoms with Gasteiger partial charge in [-0.3, -0.25) is 4.79 Å². The molecule has 20 heavy (non-hydrogen) atoms. The summed E-state index contributed by atoms with van der Waals surface area (Å²) in [5.74, 6) is 0.439. The van der Waals surface area contributed by atoms with Crippen molar-refractivity contribution in [1.29, 1.82) is 0 Å². The van der Waals surface area contributed by atoms with Gasteiger partial charge in [-0.2, -0.15) is 0 Å². The average Bonchev–Trinajstić information content (AvgIpc) is 2.89. The van der Waals surface area contributed by atoms with Crippen molar-refractivity contribution in [3.8, 4) is 0 Å². The van der Waals surface area contributed by atoms with E-state index in [0.29, 0.717) is 5.78 Å². The second kappa shape index (κ2) is 10.4. The summed E-state index contributed by atoms with van der Waals surface area (Å²) in [5, 5.41) is 3.37. The Balaban J connectivity index is 1.88. The highest BCUT2D eigenvalue weighted by molar-refractivity contribution is 5.88. The van der Waals surface area contributed by atoms with Gasteiger partial charge in [0.1, 0.15) is 0 Å². The Morgan fingerprint density at radius 2 is 1.50 bits per heavy atom. The van der Waals surface area contributed by atoms with Crippen molar-refractivity contribution in [3.63, 3.8) is 0 Å². The average molecular weight is 281 g/mol. The number of carbonyl (C=O) groups excluding carboxylic acids is 1. The van der Waals surface area contributed by atoms with Crippen molar-refractivity contribution in [3.05, 3.63) is 0 Å². The van der Waals surface area contributed by atoms with E-state index in [-0.39, 0.29) is 5.54 Å². The second-order valence-corrected chi connectivity index (χ2v) is 6.72. The quantitative estimate of drug-likeness (QED) is 0.510. The molecule has 1 saturated heterocycles. The van der Waals surface area contributed by atoms with Crippen molar-refractivity contribution >= 4 is 5.78 Å². The molecule has 0 radical (unpaired) electrons. The van der Waals surface area contributed by atoms with E-state index in [9.17, 15) is 4.79 Å². The van der Waals surface area contributed by atoms with Crippen LogP contribution in [0.3, 0.4) is 0 Å². The molecule has 1 heterocycles. The van der Waals surface area contributed by atoms with Crippen molar-refractivity contribution in [1.82, 2.24) is 5.32 Å². The van der Waals surface area contributed by atoms with E-state index >= 15 is 0 Å². The number of Topliss-reactive ketones (excluding diaryl/α,β-unsaturated/α-hetero) is 1. The van der Waals surface area contributed by atoms with Crippen LogP contribution in [-0.2, 0) is 4.79 Å². The minimum Gasteiger partial charge on any atom is -0.305 e. The van der Waals surface area contributed by atoms with Crippen molar-refractivity contribution in [2.24, 2.45) is 0 Å². The van der Waals surface area contributed by atoms with Gasteiger partial charge in [0.15, 0.2) is 5.78 Å². The molecular formula is C18H35NO. The van der Waals surface area contributed by atoms with Crippen LogP contribution in [0.5, 0.6) is 0 Å². The first-order valence-corrected chi connectivity index (χ1v) is 8.97. The van der Waals surface area contributed by atoms with Gasteiger partial charge in [0.05, 0.1) is 5.54 Å². The summed E-state index contributed by atoms with van der Waals surface area (Å²) >= 11 is 0. The topological polar surface area (TPSA) is 29.1 Å². The Bertz CT molecular complexity index is 256. The molecule has 0 saturated carbocycles. The van der Waals surface area contributed by atoms with Crippen LogP contribution in [0.2, 0.25) is 0 Å². The lowest BCUT2D eigenvalue weighted by atomic mass is 9.91. The highest BCUT2D eigenvalue weighted by Gasteiger charge is 2.34. The molecule has 1 unspecified atom stereocenters. The summed E-state index contributed by atoms with van der Waals surface area (Å²) in [6, 6.07) is 0. The molecule has 0 amide bonds. The van der Waals surface area contributed by atoms with Crippen molar-refractivity contribution in [2.45, 2.75) is 103 Å². The smallest absolute Gasteiger partial charge is 0.152 e. The largest absolute Gasteiger partial charge is 0.305 e.